The fourth-order valence-electron chi connectivity index (χ4n) is 2.45. The van der Waals surface area contributed by atoms with E-state index in [4.69, 9.17) is 0 Å². The van der Waals surface area contributed by atoms with Crippen molar-refractivity contribution in [3.63, 3.8) is 0 Å². The Hall–Kier alpha value is -1.59. The van der Waals surface area contributed by atoms with Gasteiger partial charge in [0.15, 0.2) is 0 Å². The number of halogens is 2. The van der Waals surface area contributed by atoms with Crippen molar-refractivity contribution >= 4 is 48.7 Å². The average molecular weight is 409 g/mol. The molecule has 2 aromatic carbocycles. The summed E-state index contributed by atoms with van der Waals surface area (Å²) in [5.41, 5.74) is 3.56. The molecule has 0 unspecified atom stereocenters. The van der Waals surface area contributed by atoms with Gasteiger partial charge in [-0.15, -0.1) is 0 Å². The van der Waals surface area contributed by atoms with Gasteiger partial charge in [0, 0.05) is 19.8 Å². The van der Waals surface area contributed by atoms with Crippen LogP contribution < -0.4 is 0 Å². The van der Waals surface area contributed by atoms with Crippen LogP contribution in [-0.2, 0) is 11.2 Å². The summed E-state index contributed by atoms with van der Waals surface area (Å²) in [6.45, 7) is 0. The SMILES string of the molecule is O=C(O)Cc1c(-c2cccc(Br)c2)[nH]c2ccc(Br)cc12. The molecule has 3 rings (SSSR count). The first-order chi connectivity index (χ1) is 10.0. The van der Waals surface area contributed by atoms with Crippen molar-refractivity contribution in [2.75, 3.05) is 0 Å². The quantitative estimate of drug-likeness (QED) is 0.641. The Labute approximate surface area is 138 Å². The molecule has 3 aromatic rings. The van der Waals surface area contributed by atoms with Crippen LogP contribution in [0.15, 0.2) is 51.4 Å². The van der Waals surface area contributed by atoms with E-state index in [-0.39, 0.29) is 6.42 Å². The highest BCUT2D eigenvalue weighted by molar-refractivity contribution is 9.10. The summed E-state index contributed by atoms with van der Waals surface area (Å²) in [6, 6.07) is 13.7. The van der Waals surface area contributed by atoms with Gasteiger partial charge in [0.1, 0.15) is 0 Å². The summed E-state index contributed by atoms with van der Waals surface area (Å²) >= 11 is 6.89. The highest BCUT2D eigenvalue weighted by Crippen LogP contribution is 2.33. The molecule has 0 aliphatic heterocycles. The maximum absolute atomic E-state index is 11.2. The summed E-state index contributed by atoms with van der Waals surface area (Å²) in [7, 11) is 0. The maximum atomic E-state index is 11.2. The number of aromatic nitrogens is 1. The maximum Gasteiger partial charge on any atom is 0.307 e. The Kier molecular flexibility index (Phi) is 3.87. The number of aliphatic carboxylic acids is 1. The van der Waals surface area contributed by atoms with Gasteiger partial charge in [-0.25, -0.2) is 0 Å². The van der Waals surface area contributed by atoms with Crippen LogP contribution in [-0.4, -0.2) is 16.1 Å². The number of nitrogens with one attached hydrogen (secondary N) is 1. The zero-order chi connectivity index (χ0) is 15.0. The number of hydrogen-bond acceptors (Lipinski definition) is 1. The van der Waals surface area contributed by atoms with Crippen molar-refractivity contribution in [1.29, 1.82) is 0 Å². The highest BCUT2D eigenvalue weighted by atomic mass is 79.9. The summed E-state index contributed by atoms with van der Waals surface area (Å²) in [6.07, 6.45) is -0.0156. The molecule has 106 valence electrons. The van der Waals surface area contributed by atoms with E-state index in [0.29, 0.717) is 0 Å². The molecule has 1 aromatic heterocycles. The number of carboxylic acid groups (broad SMARTS) is 1. The van der Waals surface area contributed by atoms with Crippen LogP contribution >= 0.6 is 31.9 Å². The molecular formula is C16H11Br2NO2. The van der Waals surface area contributed by atoms with Gasteiger partial charge in [-0.2, -0.15) is 0 Å². The van der Waals surface area contributed by atoms with Crippen LogP contribution in [0.25, 0.3) is 22.2 Å². The van der Waals surface area contributed by atoms with E-state index in [2.05, 4.69) is 36.8 Å². The third kappa shape index (κ3) is 2.89. The van der Waals surface area contributed by atoms with Gasteiger partial charge in [0.25, 0.3) is 0 Å². The molecule has 0 fully saturated rings. The Bertz CT molecular complexity index is 839. The lowest BCUT2D eigenvalue weighted by molar-refractivity contribution is -0.136. The molecule has 3 nitrogen and oxygen atoms in total. The second-order valence-electron chi connectivity index (χ2n) is 4.75. The van der Waals surface area contributed by atoms with E-state index >= 15 is 0 Å². The minimum absolute atomic E-state index is 0.0156. The molecule has 0 saturated heterocycles. The minimum Gasteiger partial charge on any atom is -0.481 e. The van der Waals surface area contributed by atoms with Gasteiger partial charge >= 0.3 is 5.97 Å². The Morgan fingerprint density at radius 2 is 1.86 bits per heavy atom. The van der Waals surface area contributed by atoms with Gasteiger partial charge in [-0.3, -0.25) is 4.79 Å². The summed E-state index contributed by atoms with van der Waals surface area (Å²) in [4.78, 5) is 14.5. The van der Waals surface area contributed by atoms with Gasteiger partial charge in [-0.1, -0.05) is 44.0 Å². The lowest BCUT2D eigenvalue weighted by Gasteiger charge is -2.03. The number of carboxylic acids is 1. The molecule has 0 radical (unpaired) electrons. The zero-order valence-electron chi connectivity index (χ0n) is 10.9. The molecule has 21 heavy (non-hydrogen) atoms. The van der Waals surface area contributed by atoms with Crippen molar-refractivity contribution in [1.82, 2.24) is 4.98 Å². The number of hydrogen-bond donors (Lipinski definition) is 2. The largest absolute Gasteiger partial charge is 0.481 e. The Morgan fingerprint density at radius 1 is 1.10 bits per heavy atom. The average Bonchev–Trinajstić information content (AvgIpc) is 2.76. The standard InChI is InChI=1S/C16H11Br2NO2/c17-10-3-1-2-9(6-10)16-13(8-15(20)21)12-7-11(18)4-5-14(12)19-16/h1-7,19H,8H2,(H,20,21). The molecule has 5 heteroatoms. The Morgan fingerprint density at radius 3 is 2.57 bits per heavy atom. The van der Waals surface area contributed by atoms with E-state index in [1.54, 1.807) is 0 Å². The van der Waals surface area contributed by atoms with Crippen molar-refractivity contribution in [3.8, 4) is 11.3 Å². The number of carbonyl (C=O) groups is 1. The molecular weight excluding hydrogens is 398 g/mol. The molecule has 0 spiro atoms. The molecule has 0 aliphatic rings. The van der Waals surface area contributed by atoms with E-state index < -0.39 is 5.97 Å². The van der Waals surface area contributed by atoms with Gasteiger partial charge in [-0.05, 0) is 41.5 Å². The molecule has 2 N–H and O–H groups in total. The summed E-state index contributed by atoms with van der Waals surface area (Å²) < 4.78 is 1.89. The third-order valence-electron chi connectivity index (χ3n) is 3.31. The minimum atomic E-state index is -0.841. The second kappa shape index (κ2) is 5.66. The predicted molar refractivity (Wildman–Crippen MR) is 90.5 cm³/mol. The Balaban J connectivity index is 2.28. The second-order valence-corrected chi connectivity index (χ2v) is 6.58. The van der Waals surface area contributed by atoms with Crippen LogP contribution in [0.4, 0.5) is 0 Å². The number of H-pyrrole nitrogens is 1. The summed E-state index contributed by atoms with van der Waals surface area (Å²) in [5, 5.41) is 10.1. The van der Waals surface area contributed by atoms with Crippen LogP contribution in [0, 0.1) is 0 Å². The van der Waals surface area contributed by atoms with Crippen LogP contribution in [0.2, 0.25) is 0 Å². The van der Waals surface area contributed by atoms with E-state index in [0.717, 1.165) is 36.7 Å². The summed E-state index contributed by atoms with van der Waals surface area (Å²) in [5.74, 6) is -0.841. The normalized spacial score (nSPS) is 11.0. The van der Waals surface area contributed by atoms with E-state index in [1.807, 2.05) is 42.5 Å². The van der Waals surface area contributed by atoms with Crippen molar-refractivity contribution in [2.45, 2.75) is 6.42 Å². The number of aromatic amines is 1. The first-order valence-corrected chi connectivity index (χ1v) is 7.91. The fraction of sp³-hybridized carbons (Fsp3) is 0.0625. The van der Waals surface area contributed by atoms with Crippen molar-refractivity contribution < 1.29 is 9.90 Å². The first kappa shape index (κ1) is 14.4. The van der Waals surface area contributed by atoms with Gasteiger partial charge in [0.05, 0.1) is 12.1 Å². The van der Waals surface area contributed by atoms with Crippen molar-refractivity contribution in [2.24, 2.45) is 0 Å². The first-order valence-electron chi connectivity index (χ1n) is 6.32. The van der Waals surface area contributed by atoms with Crippen LogP contribution in [0.5, 0.6) is 0 Å². The number of rotatable bonds is 3. The van der Waals surface area contributed by atoms with Gasteiger partial charge in [0.2, 0.25) is 0 Å². The molecule has 0 aliphatic carbocycles. The number of benzene rings is 2. The van der Waals surface area contributed by atoms with Crippen LogP contribution in [0.1, 0.15) is 5.56 Å². The van der Waals surface area contributed by atoms with Crippen molar-refractivity contribution in [3.05, 3.63) is 57.0 Å². The predicted octanol–water partition coefficient (Wildman–Crippen LogP) is 4.99. The lowest BCUT2D eigenvalue weighted by Crippen LogP contribution is -2.00. The zero-order valence-corrected chi connectivity index (χ0v) is 14.0. The lowest BCUT2D eigenvalue weighted by atomic mass is 10.0. The smallest absolute Gasteiger partial charge is 0.307 e. The fourth-order valence-corrected chi connectivity index (χ4v) is 3.21. The third-order valence-corrected chi connectivity index (χ3v) is 4.30. The molecule has 0 bridgehead atoms. The topological polar surface area (TPSA) is 53.1 Å². The van der Waals surface area contributed by atoms with E-state index in [9.17, 15) is 9.90 Å². The van der Waals surface area contributed by atoms with E-state index in [1.165, 1.54) is 0 Å². The molecule has 0 atom stereocenters. The van der Waals surface area contributed by atoms with Crippen LogP contribution in [0.3, 0.4) is 0 Å². The van der Waals surface area contributed by atoms with Gasteiger partial charge < -0.3 is 10.1 Å². The molecule has 0 amide bonds. The molecule has 1 heterocycles. The monoisotopic (exact) mass is 407 g/mol. The number of fused-ring (bicyclic) bond motifs is 1. The molecule has 0 saturated carbocycles. The highest BCUT2D eigenvalue weighted by Gasteiger charge is 2.16.